The van der Waals surface area contributed by atoms with E-state index in [2.05, 4.69) is 24.3 Å². The fraction of sp³-hybridized carbons (Fsp3) is 0.692. The molecule has 0 aliphatic heterocycles. The van der Waals surface area contributed by atoms with Gasteiger partial charge in [0.2, 0.25) is 0 Å². The molecular weight excluding hydrogens is 230 g/mol. The normalized spacial score (nSPS) is 11.9. The molecule has 1 amide bonds. The summed E-state index contributed by atoms with van der Waals surface area (Å²) < 4.78 is 1.77. The number of aliphatic hydroxyl groups is 1. The highest BCUT2D eigenvalue weighted by Gasteiger charge is 2.23. The standard InChI is InChI=1S/C13H23N3O2/c1-5-10(6-2)16-11(7-8-14-16)12(18)15-13(3,4)9-17/h7-8,10,17H,5-6,9H2,1-4H3,(H,15,18). The summed E-state index contributed by atoms with van der Waals surface area (Å²) in [5.74, 6) is -0.196. The summed E-state index contributed by atoms with van der Waals surface area (Å²) >= 11 is 0. The van der Waals surface area contributed by atoms with Gasteiger partial charge in [0.1, 0.15) is 5.69 Å². The third-order valence-corrected chi connectivity index (χ3v) is 3.04. The van der Waals surface area contributed by atoms with Crippen LogP contribution in [0.2, 0.25) is 0 Å². The van der Waals surface area contributed by atoms with Crippen molar-refractivity contribution in [2.24, 2.45) is 0 Å². The molecule has 1 aromatic heterocycles. The van der Waals surface area contributed by atoms with Crippen LogP contribution in [0.3, 0.4) is 0 Å². The molecule has 0 saturated carbocycles. The van der Waals surface area contributed by atoms with Gasteiger partial charge >= 0.3 is 0 Å². The van der Waals surface area contributed by atoms with Gasteiger partial charge in [-0.2, -0.15) is 5.10 Å². The molecule has 0 spiro atoms. The van der Waals surface area contributed by atoms with Crippen molar-refractivity contribution >= 4 is 5.91 Å². The molecule has 0 aliphatic carbocycles. The third kappa shape index (κ3) is 3.32. The van der Waals surface area contributed by atoms with Gasteiger partial charge in [0.05, 0.1) is 18.2 Å². The van der Waals surface area contributed by atoms with Crippen LogP contribution >= 0.6 is 0 Å². The third-order valence-electron chi connectivity index (χ3n) is 3.04. The summed E-state index contributed by atoms with van der Waals surface area (Å²) in [5, 5.41) is 16.2. The number of carbonyl (C=O) groups excluding carboxylic acids is 1. The first-order valence-electron chi connectivity index (χ1n) is 6.42. The summed E-state index contributed by atoms with van der Waals surface area (Å²) in [6.45, 7) is 7.62. The van der Waals surface area contributed by atoms with E-state index in [-0.39, 0.29) is 18.6 Å². The zero-order valence-corrected chi connectivity index (χ0v) is 11.6. The van der Waals surface area contributed by atoms with Crippen molar-refractivity contribution in [2.75, 3.05) is 6.61 Å². The molecule has 0 atom stereocenters. The predicted octanol–water partition coefficient (Wildman–Crippen LogP) is 1.74. The molecule has 5 heteroatoms. The van der Waals surface area contributed by atoms with E-state index in [1.165, 1.54) is 0 Å². The maximum Gasteiger partial charge on any atom is 0.270 e. The Labute approximate surface area is 108 Å². The van der Waals surface area contributed by atoms with E-state index in [1.807, 2.05) is 0 Å². The van der Waals surface area contributed by atoms with E-state index < -0.39 is 5.54 Å². The molecule has 0 unspecified atom stereocenters. The average Bonchev–Trinajstić information content (AvgIpc) is 2.79. The van der Waals surface area contributed by atoms with Crippen molar-refractivity contribution in [3.05, 3.63) is 18.0 Å². The molecule has 0 fully saturated rings. The number of aliphatic hydroxyl groups excluding tert-OH is 1. The minimum atomic E-state index is -0.625. The fourth-order valence-corrected chi connectivity index (χ4v) is 1.83. The Morgan fingerprint density at radius 1 is 1.50 bits per heavy atom. The number of nitrogens with zero attached hydrogens (tertiary/aromatic N) is 2. The van der Waals surface area contributed by atoms with E-state index in [1.54, 1.807) is 30.8 Å². The van der Waals surface area contributed by atoms with Gasteiger partial charge in [-0.1, -0.05) is 13.8 Å². The van der Waals surface area contributed by atoms with Crippen LogP contribution in [0.1, 0.15) is 57.1 Å². The maximum atomic E-state index is 12.2. The van der Waals surface area contributed by atoms with Crippen LogP contribution in [-0.4, -0.2) is 32.9 Å². The second-order valence-electron chi connectivity index (χ2n) is 5.13. The molecule has 1 aromatic rings. The van der Waals surface area contributed by atoms with Gasteiger partial charge in [0.25, 0.3) is 5.91 Å². The SMILES string of the molecule is CCC(CC)n1nccc1C(=O)NC(C)(C)CO. The molecule has 2 N–H and O–H groups in total. The van der Waals surface area contributed by atoms with E-state index in [0.717, 1.165) is 12.8 Å². The first-order chi connectivity index (χ1) is 8.45. The van der Waals surface area contributed by atoms with Gasteiger partial charge in [0.15, 0.2) is 0 Å². The van der Waals surface area contributed by atoms with Crippen molar-refractivity contribution in [3.8, 4) is 0 Å². The summed E-state index contributed by atoms with van der Waals surface area (Å²) in [6.07, 6.45) is 3.50. The van der Waals surface area contributed by atoms with Crippen molar-refractivity contribution in [3.63, 3.8) is 0 Å². The molecule has 0 radical (unpaired) electrons. The Morgan fingerprint density at radius 2 is 2.11 bits per heavy atom. The van der Waals surface area contributed by atoms with Crippen molar-refractivity contribution < 1.29 is 9.90 Å². The van der Waals surface area contributed by atoms with Gasteiger partial charge in [-0.25, -0.2) is 0 Å². The largest absolute Gasteiger partial charge is 0.394 e. The smallest absolute Gasteiger partial charge is 0.270 e. The Morgan fingerprint density at radius 3 is 2.61 bits per heavy atom. The van der Waals surface area contributed by atoms with Crippen molar-refractivity contribution in [1.29, 1.82) is 0 Å². The van der Waals surface area contributed by atoms with E-state index in [0.29, 0.717) is 5.69 Å². The van der Waals surface area contributed by atoms with Crippen LogP contribution < -0.4 is 5.32 Å². The van der Waals surface area contributed by atoms with Crippen LogP contribution in [0.4, 0.5) is 0 Å². The van der Waals surface area contributed by atoms with Crippen molar-refractivity contribution in [1.82, 2.24) is 15.1 Å². The number of hydrogen-bond acceptors (Lipinski definition) is 3. The molecule has 0 bridgehead atoms. The molecular formula is C13H23N3O2. The Balaban J connectivity index is 2.90. The van der Waals surface area contributed by atoms with Gasteiger partial charge in [0, 0.05) is 6.20 Å². The lowest BCUT2D eigenvalue weighted by Gasteiger charge is -2.24. The first kappa shape index (κ1) is 14.7. The number of amides is 1. The van der Waals surface area contributed by atoms with Crippen LogP contribution in [0.5, 0.6) is 0 Å². The minimum Gasteiger partial charge on any atom is -0.394 e. The summed E-state index contributed by atoms with van der Waals surface area (Å²) in [7, 11) is 0. The molecule has 5 nitrogen and oxygen atoms in total. The lowest BCUT2D eigenvalue weighted by molar-refractivity contribution is 0.0855. The quantitative estimate of drug-likeness (QED) is 0.811. The second kappa shape index (κ2) is 6.00. The molecule has 1 heterocycles. The lowest BCUT2D eigenvalue weighted by atomic mass is 10.1. The molecule has 0 saturated heterocycles. The lowest BCUT2D eigenvalue weighted by Crippen LogP contribution is -2.47. The van der Waals surface area contributed by atoms with Gasteiger partial charge in [-0.3, -0.25) is 9.48 Å². The molecule has 1 rings (SSSR count). The second-order valence-corrected chi connectivity index (χ2v) is 5.13. The number of aromatic nitrogens is 2. The number of hydrogen-bond donors (Lipinski definition) is 2. The number of carbonyl (C=O) groups is 1. The van der Waals surface area contributed by atoms with E-state index >= 15 is 0 Å². The van der Waals surface area contributed by atoms with Crippen LogP contribution in [0.15, 0.2) is 12.3 Å². The highest BCUT2D eigenvalue weighted by Crippen LogP contribution is 2.17. The predicted molar refractivity (Wildman–Crippen MR) is 70.5 cm³/mol. The van der Waals surface area contributed by atoms with Crippen molar-refractivity contribution in [2.45, 2.75) is 52.1 Å². The minimum absolute atomic E-state index is 0.0993. The van der Waals surface area contributed by atoms with Crippen LogP contribution in [0.25, 0.3) is 0 Å². The van der Waals surface area contributed by atoms with Crippen LogP contribution in [-0.2, 0) is 0 Å². The molecule has 18 heavy (non-hydrogen) atoms. The van der Waals surface area contributed by atoms with Gasteiger partial charge < -0.3 is 10.4 Å². The van der Waals surface area contributed by atoms with Gasteiger partial charge in [-0.05, 0) is 32.8 Å². The molecule has 0 aliphatic rings. The van der Waals surface area contributed by atoms with E-state index in [9.17, 15) is 9.90 Å². The Kier molecular flexibility index (Phi) is 4.90. The first-order valence-corrected chi connectivity index (χ1v) is 6.42. The zero-order valence-electron chi connectivity index (χ0n) is 11.6. The zero-order chi connectivity index (χ0) is 13.8. The summed E-state index contributed by atoms with van der Waals surface area (Å²) in [6, 6.07) is 1.94. The monoisotopic (exact) mass is 253 g/mol. The Hall–Kier alpha value is -1.36. The molecule has 0 aromatic carbocycles. The number of nitrogens with one attached hydrogen (secondary N) is 1. The highest BCUT2D eigenvalue weighted by molar-refractivity contribution is 5.93. The fourth-order valence-electron chi connectivity index (χ4n) is 1.83. The molecule has 102 valence electrons. The van der Waals surface area contributed by atoms with Crippen LogP contribution in [0, 0.1) is 0 Å². The Bertz CT molecular complexity index is 395. The highest BCUT2D eigenvalue weighted by atomic mass is 16.3. The summed E-state index contributed by atoms with van der Waals surface area (Å²) in [4.78, 5) is 12.2. The average molecular weight is 253 g/mol. The summed E-state index contributed by atoms with van der Waals surface area (Å²) in [5.41, 5.74) is -0.0784. The maximum absolute atomic E-state index is 12.2. The van der Waals surface area contributed by atoms with E-state index in [4.69, 9.17) is 0 Å². The topological polar surface area (TPSA) is 67.2 Å². The van der Waals surface area contributed by atoms with Gasteiger partial charge in [-0.15, -0.1) is 0 Å². The number of rotatable bonds is 6.